The normalized spacial score (nSPS) is 10.8. The lowest BCUT2D eigenvalue weighted by Gasteiger charge is -2.14. The quantitative estimate of drug-likeness (QED) is 0.746. The molecule has 0 fully saturated rings. The van der Waals surface area contributed by atoms with Gasteiger partial charge in [-0.1, -0.05) is 6.07 Å². The number of fused-ring (bicyclic) bond motifs is 1. The third-order valence-corrected chi connectivity index (χ3v) is 3.36. The molecule has 0 spiro atoms. The van der Waals surface area contributed by atoms with Crippen molar-refractivity contribution in [3.8, 4) is 5.75 Å². The Morgan fingerprint density at radius 1 is 1.25 bits per heavy atom. The van der Waals surface area contributed by atoms with Crippen LogP contribution in [0.1, 0.15) is 5.56 Å². The summed E-state index contributed by atoms with van der Waals surface area (Å²) in [5, 5.41) is 8.15. The van der Waals surface area contributed by atoms with Gasteiger partial charge in [0.2, 0.25) is 5.43 Å². The van der Waals surface area contributed by atoms with E-state index in [1.165, 1.54) is 10.8 Å². The number of rotatable bonds is 3. The summed E-state index contributed by atoms with van der Waals surface area (Å²) in [4.78, 5) is 26.9. The molecule has 0 saturated heterocycles. The van der Waals surface area contributed by atoms with Crippen LogP contribution in [-0.4, -0.2) is 20.8 Å². The summed E-state index contributed by atoms with van der Waals surface area (Å²) in [5.41, 5.74) is -0.666. The first kappa shape index (κ1) is 15.6. The molecule has 0 aliphatic heterocycles. The van der Waals surface area contributed by atoms with Crippen molar-refractivity contribution >= 4 is 17.1 Å². The predicted octanol–water partition coefficient (Wildman–Crippen LogP) is 2.78. The van der Waals surface area contributed by atoms with Gasteiger partial charge in [-0.05, 0) is 23.8 Å². The first-order valence-electron chi connectivity index (χ1n) is 6.78. The van der Waals surface area contributed by atoms with Crippen LogP contribution in [-0.2, 0) is 6.54 Å². The number of carboxylic acid groups (broad SMARTS) is 1. The van der Waals surface area contributed by atoms with E-state index in [-0.39, 0.29) is 12.1 Å². The van der Waals surface area contributed by atoms with Crippen molar-refractivity contribution in [2.24, 2.45) is 0 Å². The second kappa shape index (κ2) is 6.07. The fourth-order valence-electron chi connectivity index (χ4n) is 2.41. The molecule has 0 bridgehead atoms. The number of hydrogen-bond acceptors (Lipinski definition) is 4. The van der Waals surface area contributed by atoms with E-state index in [4.69, 9.17) is 5.11 Å². The lowest BCUT2D eigenvalue weighted by atomic mass is 10.1. The molecule has 8 heteroatoms. The molecule has 3 aromatic rings. The number of halogens is 2. The minimum atomic E-state index is -1.73. The van der Waals surface area contributed by atoms with Gasteiger partial charge in [-0.15, -0.1) is 0 Å². The number of carbonyl (C=O) groups is 1. The fourth-order valence-corrected chi connectivity index (χ4v) is 2.41. The van der Waals surface area contributed by atoms with E-state index in [2.05, 4.69) is 9.72 Å². The van der Waals surface area contributed by atoms with E-state index in [9.17, 15) is 18.4 Å². The average molecular weight is 332 g/mol. The van der Waals surface area contributed by atoms with Crippen molar-refractivity contribution in [2.45, 2.75) is 6.54 Å². The maximum atomic E-state index is 14.2. The molecule has 24 heavy (non-hydrogen) atoms. The molecule has 0 unspecified atom stereocenters. The highest BCUT2D eigenvalue weighted by Gasteiger charge is 2.19. The Kier molecular flexibility index (Phi) is 3.95. The lowest BCUT2D eigenvalue weighted by molar-refractivity contribution is 0.144. The minimum absolute atomic E-state index is 0.0426. The van der Waals surface area contributed by atoms with Gasteiger partial charge in [0, 0.05) is 18.9 Å². The topological polar surface area (TPSA) is 81.4 Å². The molecule has 2 heterocycles. The molecule has 1 N–H and O–H groups in total. The summed E-state index contributed by atoms with van der Waals surface area (Å²) in [6.45, 7) is 0.0426. The van der Waals surface area contributed by atoms with Crippen LogP contribution in [0.3, 0.4) is 0 Å². The van der Waals surface area contributed by atoms with Crippen LogP contribution < -0.4 is 10.2 Å². The highest BCUT2D eigenvalue weighted by atomic mass is 19.1. The fraction of sp³-hybridized carbons (Fsp3) is 0.0625. The van der Waals surface area contributed by atoms with Crippen LogP contribution >= 0.6 is 0 Å². The average Bonchev–Trinajstić information content (AvgIpc) is 2.54. The Hall–Kier alpha value is -3.29. The van der Waals surface area contributed by atoms with Crippen LogP contribution in [0.2, 0.25) is 0 Å². The Balaban J connectivity index is 2.30. The smallest absolute Gasteiger partial charge is 0.449 e. The van der Waals surface area contributed by atoms with Gasteiger partial charge < -0.3 is 14.4 Å². The third kappa shape index (κ3) is 2.81. The summed E-state index contributed by atoms with van der Waals surface area (Å²) >= 11 is 0. The molecule has 0 amide bonds. The number of nitrogens with zero attached hydrogens (tertiary/aromatic N) is 2. The second-order valence-corrected chi connectivity index (χ2v) is 4.93. The zero-order chi connectivity index (χ0) is 17.3. The van der Waals surface area contributed by atoms with E-state index in [0.717, 1.165) is 18.3 Å². The van der Waals surface area contributed by atoms with Gasteiger partial charge in [0.05, 0.1) is 17.1 Å². The maximum Gasteiger partial charge on any atom is 0.511 e. The summed E-state index contributed by atoms with van der Waals surface area (Å²) in [6, 6.07) is 5.06. The van der Waals surface area contributed by atoms with Crippen LogP contribution in [0.5, 0.6) is 5.75 Å². The highest BCUT2D eigenvalue weighted by Crippen LogP contribution is 2.22. The Morgan fingerprint density at radius 3 is 2.67 bits per heavy atom. The van der Waals surface area contributed by atoms with Gasteiger partial charge in [0.1, 0.15) is 11.6 Å². The molecule has 122 valence electrons. The van der Waals surface area contributed by atoms with Crippen LogP contribution in [0, 0.1) is 11.6 Å². The van der Waals surface area contributed by atoms with Gasteiger partial charge >= 0.3 is 6.16 Å². The van der Waals surface area contributed by atoms with Crippen molar-refractivity contribution in [1.29, 1.82) is 0 Å². The van der Waals surface area contributed by atoms with Crippen molar-refractivity contribution < 1.29 is 23.4 Å². The third-order valence-electron chi connectivity index (χ3n) is 3.36. The van der Waals surface area contributed by atoms with Gasteiger partial charge in [0.15, 0.2) is 5.75 Å². The van der Waals surface area contributed by atoms with E-state index in [1.54, 1.807) is 18.3 Å². The van der Waals surface area contributed by atoms with Crippen LogP contribution in [0.25, 0.3) is 10.9 Å². The molecule has 6 nitrogen and oxygen atoms in total. The van der Waals surface area contributed by atoms with Gasteiger partial charge in [-0.3, -0.25) is 9.78 Å². The zero-order valence-corrected chi connectivity index (χ0v) is 12.1. The molecular weight excluding hydrogens is 322 g/mol. The number of aromatic nitrogens is 2. The Bertz CT molecular complexity index is 987. The second-order valence-electron chi connectivity index (χ2n) is 4.93. The molecule has 0 aliphatic carbocycles. The number of pyridine rings is 2. The van der Waals surface area contributed by atoms with Crippen LogP contribution in [0.15, 0.2) is 47.7 Å². The maximum absolute atomic E-state index is 14.2. The SMILES string of the molecule is O=C(O)Oc1cn(Cc2cccnc2)c2c(F)ccc(F)c2c1=O. The standard InChI is InChI=1S/C16H10F2N2O4/c17-10-3-4-11(18)14-13(10)15(21)12(24-16(22)23)8-20(14)7-9-2-1-5-19-6-9/h1-6,8H,7H2,(H,22,23). The molecule has 0 saturated carbocycles. The zero-order valence-electron chi connectivity index (χ0n) is 12.1. The minimum Gasteiger partial charge on any atom is -0.449 e. The molecule has 0 atom stereocenters. The van der Waals surface area contributed by atoms with Crippen molar-refractivity contribution in [2.75, 3.05) is 0 Å². The molecular formula is C16H10F2N2O4. The summed E-state index contributed by atoms with van der Waals surface area (Å²) in [6.07, 6.45) is 2.37. The lowest BCUT2D eigenvalue weighted by Crippen LogP contribution is -2.18. The first-order valence-corrected chi connectivity index (χ1v) is 6.78. The highest BCUT2D eigenvalue weighted by molar-refractivity contribution is 5.82. The van der Waals surface area contributed by atoms with Crippen LogP contribution in [0.4, 0.5) is 13.6 Å². The van der Waals surface area contributed by atoms with Crippen molar-refractivity contribution in [3.63, 3.8) is 0 Å². The Morgan fingerprint density at radius 2 is 2.00 bits per heavy atom. The molecule has 2 aromatic heterocycles. The molecule has 0 aliphatic rings. The summed E-state index contributed by atoms with van der Waals surface area (Å²) < 4.78 is 33.9. The van der Waals surface area contributed by atoms with E-state index < -0.39 is 34.4 Å². The number of ether oxygens (including phenoxy) is 1. The van der Waals surface area contributed by atoms with E-state index >= 15 is 0 Å². The predicted molar refractivity (Wildman–Crippen MR) is 80.1 cm³/mol. The van der Waals surface area contributed by atoms with Gasteiger partial charge in [0.25, 0.3) is 0 Å². The summed E-state index contributed by atoms with van der Waals surface area (Å²) in [5.74, 6) is -2.38. The molecule has 1 aromatic carbocycles. The number of hydrogen-bond donors (Lipinski definition) is 1. The first-order chi connectivity index (χ1) is 11.5. The monoisotopic (exact) mass is 332 g/mol. The van der Waals surface area contributed by atoms with E-state index in [1.807, 2.05) is 0 Å². The largest absolute Gasteiger partial charge is 0.511 e. The molecule has 3 rings (SSSR count). The Labute approximate surface area is 133 Å². The van der Waals surface area contributed by atoms with Gasteiger partial charge in [-0.25, -0.2) is 13.6 Å². The van der Waals surface area contributed by atoms with Gasteiger partial charge in [-0.2, -0.15) is 0 Å². The summed E-state index contributed by atoms with van der Waals surface area (Å²) in [7, 11) is 0. The van der Waals surface area contributed by atoms with Crippen molar-refractivity contribution in [1.82, 2.24) is 9.55 Å². The number of benzene rings is 1. The molecule has 0 radical (unpaired) electrons. The van der Waals surface area contributed by atoms with E-state index in [0.29, 0.717) is 5.56 Å². The van der Waals surface area contributed by atoms with Crippen molar-refractivity contribution in [3.05, 3.63) is 70.3 Å².